The van der Waals surface area contributed by atoms with E-state index in [1.807, 2.05) is 7.05 Å². The number of hydrogen-bond acceptors (Lipinski definition) is 2. The van der Waals surface area contributed by atoms with Crippen molar-refractivity contribution in [1.82, 2.24) is 5.32 Å². The highest BCUT2D eigenvalue weighted by Crippen LogP contribution is 2.37. The zero-order valence-corrected chi connectivity index (χ0v) is 24.6. The van der Waals surface area contributed by atoms with Crippen molar-refractivity contribution in [2.24, 2.45) is 0 Å². The molecule has 5 rings (SSSR count). The van der Waals surface area contributed by atoms with Crippen LogP contribution < -0.4 is 10.2 Å². The second-order valence-electron chi connectivity index (χ2n) is 9.55. The molecule has 5 aromatic rings. The van der Waals surface area contributed by atoms with Gasteiger partial charge >= 0.3 is 0 Å². The molecule has 39 heavy (non-hydrogen) atoms. The van der Waals surface area contributed by atoms with Gasteiger partial charge in [-0.25, -0.2) is 0 Å². The van der Waals surface area contributed by atoms with E-state index in [0.717, 1.165) is 29.9 Å². The van der Waals surface area contributed by atoms with Crippen molar-refractivity contribution < 1.29 is 0 Å². The van der Waals surface area contributed by atoms with E-state index in [-0.39, 0.29) is 0 Å². The molecule has 5 aromatic carbocycles. The van der Waals surface area contributed by atoms with Crippen LogP contribution in [0.3, 0.4) is 0 Å². The number of rotatable bonds is 9. The van der Waals surface area contributed by atoms with Gasteiger partial charge < -0.3 is 10.2 Å². The summed E-state index contributed by atoms with van der Waals surface area (Å²) in [4.78, 5) is 2.34. The standard InChI is InChI=1S/C36H33IN2/c1-3-10-30(36(37)38-2)14-5-4-11-27-17-21-33(22-18-27)39(34-23-19-28-12-6-8-15-31(28)25-34)35-24-20-29-13-7-9-16-32(29)26-35/h4-9,11-26,38H,3,10H2,1-2H3/b11-4+,14-5+,36-30-. The van der Waals surface area contributed by atoms with E-state index in [9.17, 15) is 0 Å². The fourth-order valence-electron chi connectivity index (χ4n) is 4.85. The third-order valence-electron chi connectivity index (χ3n) is 6.85. The number of hydrogen-bond donors (Lipinski definition) is 1. The zero-order valence-electron chi connectivity index (χ0n) is 22.4. The first-order chi connectivity index (χ1) is 19.2. The maximum Gasteiger partial charge on any atom is 0.0761 e. The van der Waals surface area contributed by atoms with Gasteiger partial charge in [-0.15, -0.1) is 0 Å². The van der Waals surface area contributed by atoms with Gasteiger partial charge in [-0.05, 0) is 98.1 Å². The molecule has 2 nitrogen and oxygen atoms in total. The molecule has 0 saturated heterocycles. The molecule has 0 aliphatic carbocycles. The van der Waals surface area contributed by atoms with E-state index in [0.29, 0.717) is 0 Å². The number of benzene rings is 5. The molecule has 0 amide bonds. The molecule has 0 aliphatic rings. The summed E-state index contributed by atoms with van der Waals surface area (Å²) in [6.45, 7) is 2.21. The molecule has 194 valence electrons. The first kappa shape index (κ1) is 26.8. The molecule has 0 spiro atoms. The Morgan fingerprint density at radius 2 is 1.23 bits per heavy atom. The van der Waals surface area contributed by atoms with Gasteiger partial charge in [0.05, 0.1) is 3.70 Å². The van der Waals surface area contributed by atoms with Crippen LogP contribution >= 0.6 is 22.6 Å². The highest BCUT2D eigenvalue weighted by molar-refractivity contribution is 14.1. The van der Waals surface area contributed by atoms with Crippen LogP contribution in [-0.4, -0.2) is 7.05 Å². The van der Waals surface area contributed by atoms with Crippen molar-refractivity contribution in [3.05, 3.63) is 142 Å². The van der Waals surface area contributed by atoms with Gasteiger partial charge in [0.15, 0.2) is 0 Å². The van der Waals surface area contributed by atoms with Crippen LogP contribution in [0, 0.1) is 0 Å². The van der Waals surface area contributed by atoms with Crippen LogP contribution in [0.4, 0.5) is 17.1 Å². The average molecular weight is 621 g/mol. The Bertz CT molecular complexity index is 1580. The molecule has 0 unspecified atom stereocenters. The molecule has 0 saturated carbocycles. The SMILES string of the molecule is CCCC(/C=C/C=C/c1ccc(N(c2ccc3ccccc3c2)c2ccc3ccccc3c2)cc1)=C(\I)NC. The molecule has 0 radical (unpaired) electrons. The lowest BCUT2D eigenvalue weighted by Crippen LogP contribution is -2.09. The lowest BCUT2D eigenvalue weighted by atomic mass is 10.1. The number of allylic oxidation sites excluding steroid dienone is 4. The smallest absolute Gasteiger partial charge is 0.0761 e. The third-order valence-corrected chi connectivity index (χ3v) is 8.08. The maximum absolute atomic E-state index is 3.26. The van der Waals surface area contributed by atoms with Crippen molar-refractivity contribution in [2.75, 3.05) is 11.9 Å². The van der Waals surface area contributed by atoms with E-state index < -0.39 is 0 Å². The molecule has 1 N–H and O–H groups in total. The summed E-state index contributed by atoms with van der Waals surface area (Å²) >= 11 is 2.37. The van der Waals surface area contributed by atoms with Gasteiger partial charge in [-0.2, -0.15) is 0 Å². The minimum atomic E-state index is 1.07. The van der Waals surface area contributed by atoms with Gasteiger partial charge in [-0.1, -0.05) is 110 Å². The highest BCUT2D eigenvalue weighted by Gasteiger charge is 2.13. The Morgan fingerprint density at radius 1 is 0.692 bits per heavy atom. The number of anilines is 3. The van der Waals surface area contributed by atoms with E-state index in [4.69, 9.17) is 0 Å². The van der Waals surface area contributed by atoms with Crippen molar-refractivity contribution in [2.45, 2.75) is 19.8 Å². The van der Waals surface area contributed by atoms with E-state index >= 15 is 0 Å². The summed E-state index contributed by atoms with van der Waals surface area (Å²) in [5, 5.41) is 8.21. The molecule has 0 aromatic heterocycles. The molecular formula is C36H33IN2. The molecular weight excluding hydrogens is 587 g/mol. The Balaban J connectivity index is 1.47. The minimum absolute atomic E-state index is 1.07. The average Bonchev–Trinajstić information content (AvgIpc) is 2.99. The lowest BCUT2D eigenvalue weighted by molar-refractivity contribution is 0.906. The van der Waals surface area contributed by atoms with Gasteiger partial charge in [0.1, 0.15) is 0 Å². The monoisotopic (exact) mass is 620 g/mol. The molecule has 0 aliphatic heterocycles. The number of nitrogens with zero attached hydrogens (tertiary/aromatic N) is 1. The van der Waals surface area contributed by atoms with Crippen molar-refractivity contribution in [3.8, 4) is 0 Å². The van der Waals surface area contributed by atoms with Crippen LogP contribution in [0.1, 0.15) is 25.3 Å². The van der Waals surface area contributed by atoms with E-state index in [1.165, 1.54) is 36.4 Å². The van der Waals surface area contributed by atoms with Crippen molar-refractivity contribution >= 4 is 67.3 Å². The number of fused-ring (bicyclic) bond motifs is 2. The number of halogens is 1. The second-order valence-corrected chi connectivity index (χ2v) is 10.6. The summed E-state index contributed by atoms with van der Waals surface area (Å²) in [5.41, 5.74) is 5.92. The quantitative estimate of drug-likeness (QED) is 0.100. The van der Waals surface area contributed by atoms with E-state index in [2.05, 4.69) is 173 Å². The van der Waals surface area contributed by atoms with Crippen molar-refractivity contribution in [1.29, 1.82) is 0 Å². The zero-order chi connectivity index (χ0) is 27.0. The molecule has 0 fully saturated rings. The Kier molecular flexibility index (Phi) is 8.79. The summed E-state index contributed by atoms with van der Waals surface area (Å²) in [5.74, 6) is 0. The second kappa shape index (κ2) is 12.8. The van der Waals surface area contributed by atoms with Gasteiger partial charge in [-0.3, -0.25) is 0 Å². The largest absolute Gasteiger partial charge is 0.383 e. The lowest BCUT2D eigenvalue weighted by Gasteiger charge is -2.26. The molecule has 3 heteroatoms. The first-order valence-electron chi connectivity index (χ1n) is 13.4. The minimum Gasteiger partial charge on any atom is -0.383 e. The van der Waals surface area contributed by atoms with Gasteiger partial charge in [0.2, 0.25) is 0 Å². The third kappa shape index (κ3) is 6.43. The Morgan fingerprint density at radius 3 is 1.77 bits per heavy atom. The Hall–Kier alpha value is -3.83. The molecule has 0 heterocycles. The van der Waals surface area contributed by atoms with Crippen LogP contribution in [0.25, 0.3) is 27.6 Å². The van der Waals surface area contributed by atoms with Crippen LogP contribution in [0.15, 0.2) is 137 Å². The van der Waals surface area contributed by atoms with Crippen LogP contribution in [0.2, 0.25) is 0 Å². The normalized spacial score (nSPS) is 12.4. The first-order valence-corrected chi connectivity index (χ1v) is 14.5. The van der Waals surface area contributed by atoms with Gasteiger partial charge in [0.25, 0.3) is 0 Å². The summed E-state index contributed by atoms with van der Waals surface area (Å²) in [6, 6.07) is 39.2. The predicted octanol–water partition coefficient (Wildman–Crippen LogP) is 10.7. The fourth-order valence-corrected chi connectivity index (χ4v) is 5.30. The van der Waals surface area contributed by atoms with E-state index in [1.54, 1.807) is 0 Å². The molecule has 0 atom stereocenters. The predicted molar refractivity (Wildman–Crippen MR) is 179 cm³/mol. The highest BCUT2D eigenvalue weighted by atomic mass is 127. The summed E-state index contributed by atoms with van der Waals surface area (Å²) < 4.78 is 1.20. The summed E-state index contributed by atoms with van der Waals surface area (Å²) in [6.07, 6.45) is 10.8. The number of nitrogens with one attached hydrogen (secondary N) is 1. The van der Waals surface area contributed by atoms with Gasteiger partial charge in [0, 0.05) is 24.1 Å². The topological polar surface area (TPSA) is 15.3 Å². The molecule has 0 bridgehead atoms. The fraction of sp³-hybridized carbons (Fsp3) is 0.111. The van der Waals surface area contributed by atoms with Crippen molar-refractivity contribution in [3.63, 3.8) is 0 Å². The summed E-state index contributed by atoms with van der Waals surface area (Å²) in [7, 11) is 1.97. The van der Waals surface area contributed by atoms with Crippen LogP contribution in [-0.2, 0) is 0 Å². The van der Waals surface area contributed by atoms with Crippen LogP contribution in [0.5, 0.6) is 0 Å². The Labute approximate surface area is 245 Å². The maximum atomic E-state index is 3.26.